The fourth-order valence-corrected chi connectivity index (χ4v) is 6.77. The molecule has 0 spiro atoms. The lowest BCUT2D eigenvalue weighted by atomic mass is 9.61. The van der Waals surface area contributed by atoms with E-state index in [4.69, 9.17) is 28.4 Å². The van der Waals surface area contributed by atoms with Crippen LogP contribution in [-0.2, 0) is 35.8 Å². The molecule has 276 valence electrons. The zero-order valence-corrected chi connectivity index (χ0v) is 30.0. The van der Waals surface area contributed by atoms with Crippen molar-refractivity contribution >= 4 is 5.97 Å². The Labute approximate surface area is 309 Å². The SMILES string of the molecule is CCOC(=O)[C@]1(O)[C@@H](c2cc(OC)c(OCc3ccccc3)c(OCc3ccccc3)c2)c2cc(OCc3ccccc3)c(OC)cc2C[C@@]1(O)CO. The zero-order chi connectivity index (χ0) is 37.4. The number of hydrogen-bond acceptors (Lipinski definition) is 10. The van der Waals surface area contributed by atoms with Crippen molar-refractivity contribution in [1.82, 2.24) is 0 Å². The maximum absolute atomic E-state index is 14.0. The summed E-state index contributed by atoms with van der Waals surface area (Å²) in [7, 11) is 2.98. The summed E-state index contributed by atoms with van der Waals surface area (Å²) >= 11 is 0. The highest BCUT2D eigenvalue weighted by Gasteiger charge is 2.64. The fourth-order valence-electron chi connectivity index (χ4n) is 6.77. The quantitative estimate of drug-likeness (QED) is 0.108. The van der Waals surface area contributed by atoms with E-state index in [0.29, 0.717) is 33.9 Å². The van der Waals surface area contributed by atoms with E-state index in [0.717, 1.165) is 16.7 Å². The first-order valence-corrected chi connectivity index (χ1v) is 17.4. The molecule has 0 amide bonds. The zero-order valence-electron chi connectivity index (χ0n) is 30.0. The first-order valence-electron chi connectivity index (χ1n) is 17.4. The molecule has 0 saturated heterocycles. The third kappa shape index (κ3) is 7.66. The third-order valence-corrected chi connectivity index (χ3v) is 9.49. The number of rotatable bonds is 15. The lowest BCUT2D eigenvalue weighted by Crippen LogP contribution is -2.68. The number of ether oxygens (including phenoxy) is 6. The lowest BCUT2D eigenvalue weighted by molar-refractivity contribution is -0.213. The molecule has 10 nitrogen and oxygen atoms in total. The Kier molecular flexibility index (Phi) is 11.5. The maximum Gasteiger partial charge on any atom is 0.342 e. The van der Waals surface area contributed by atoms with E-state index in [1.165, 1.54) is 14.2 Å². The number of esters is 1. The van der Waals surface area contributed by atoms with Crippen molar-refractivity contribution < 1.29 is 48.5 Å². The number of carbonyl (C=O) groups excluding carboxylic acids is 1. The van der Waals surface area contributed by atoms with E-state index in [1.807, 2.05) is 91.0 Å². The highest BCUT2D eigenvalue weighted by molar-refractivity contribution is 5.85. The highest BCUT2D eigenvalue weighted by Crippen LogP contribution is 2.54. The molecule has 0 fully saturated rings. The fraction of sp³-hybridized carbons (Fsp3) is 0.279. The van der Waals surface area contributed by atoms with Gasteiger partial charge in [-0.3, -0.25) is 0 Å². The lowest BCUT2D eigenvalue weighted by Gasteiger charge is -2.49. The molecule has 0 aliphatic heterocycles. The number of aliphatic hydroxyl groups is 3. The van der Waals surface area contributed by atoms with Crippen LogP contribution in [0.4, 0.5) is 0 Å². The van der Waals surface area contributed by atoms with Crippen molar-refractivity contribution in [3.05, 3.63) is 149 Å². The Hall–Kier alpha value is -5.55. The Morgan fingerprint density at radius 2 is 1.19 bits per heavy atom. The molecule has 0 heterocycles. The summed E-state index contributed by atoms with van der Waals surface area (Å²) in [6, 6.07) is 35.4. The second kappa shape index (κ2) is 16.4. The van der Waals surface area contributed by atoms with Crippen LogP contribution in [-0.4, -0.2) is 59.9 Å². The average molecular weight is 721 g/mol. The molecule has 10 heteroatoms. The molecule has 3 N–H and O–H groups in total. The third-order valence-electron chi connectivity index (χ3n) is 9.49. The number of fused-ring (bicyclic) bond motifs is 1. The molecule has 6 rings (SSSR count). The Morgan fingerprint density at radius 3 is 1.70 bits per heavy atom. The van der Waals surface area contributed by atoms with E-state index in [2.05, 4.69) is 0 Å². The second-order valence-electron chi connectivity index (χ2n) is 12.9. The smallest absolute Gasteiger partial charge is 0.342 e. The summed E-state index contributed by atoms with van der Waals surface area (Å²) in [4.78, 5) is 14.0. The van der Waals surface area contributed by atoms with Gasteiger partial charge in [-0.25, -0.2) is 4.79 Å². The summed E-state index contributed by atoms with van der Waals surface area (Å²) in [5.41, 5.74) is -1.08. The molecular weight excluding hydrogens is 676 g/mol. The number of carbonyl (C=O) groups is 1. The number of methoxy groups -OCH3 is 2. The van der Waals surface area contributed by atoms with Crippen LogP contribution in [0.1, 0.15) is 46.2 Å². The predicted octanol–water partition coefficient (Wildman–Crippen LogP) is 6.15. The highest BCUT2D eigenvalue weighted by atomic mass is 16.6. The molecule has 53 heavy (non-hydrogen) atoms. The van der Waals surface area contributed by atoms with Gasteiger partial charge in [-0.15, -0.1) is 0 Å². The minimum absolute atomic E-state index is 0.0860. The molecule has 0 aromatic heterocycles. The van der Waals surface area contributed by atoms with E-state index >= 15 is 0 Å². The van der Waals surface area contributed by atoms with E-state index in [1.54, 1.807) is 31.2 Å². The molecule has 3 atom stereocenters. The van der Waals surface area contributed by atoms with Gasteiger partial charge in [-0.1, -0.05) is 91.0 Å². The van der Waals surface area contributed by atoms with Gasteiger partial charge in [-0.2, -0.15) is 0 Å². The van der Waals surface area contributed by atoms with Crippen LogP contribution in [0.25, 0.3) is 0 Å². The molecule has 5 aromatic rings. The second-order valence-corrected chi connectivity index (χ2v) is 12.9. The number of aliphatic hydroxyl groups excluding tert-OH is 1. The monoisotopic (exact) mass is 720 g/mol. The maximum atomic E-state index is 14.0. The number of benzene rings is 5. The number of hydrogen-bond donors (Lipinski definition) is 3. The van der Waals surface area contributed by atoms with Gasteiger partial charge < -0.3 is 43.7 Å². The summed E-state index contributed by atoms with van der Waals surface area (Å²) < 4.78 is 36.0. The van der Waals surface area contributed by atoms with Crippen molar-refractivity contribution in [3.8, 4) is 28.7 Å². The van der Waals surface area contributed by atoms with Crippen LogP contribution in [0.15, 0.2) is 115 Å². The van der Waals surface area contributed by atoms with E-state index in [-0.39, 0.29) is 44.3 Å². The minimum atomic E-state index is -2.69. The van der Waals surface area contributed by atoms with Gasteiger partial charge in [0.1, 0.15) is 25.4 Å². The molecule has 0 saturated carbocycles. The largest absolute Gasteiger partial charge is 0.493 e. The summed E-state index contributed by atoms with van der Waals surface area (Å²) in [6.07, 6.45) is -0.299. The summed E-state index contributed by atoms with van der Waals surface area (Å²) in [5.74, 6) is -0.912. The van der Waals surface area contributed by atoms with Crippen LogP contribution < -0.4 is 23.7 Å². The first-order chi connectivity index (χ1) is 25.7. The van der Waals surface area contributed by atoms with Crippen LogP contribution in [0.2, 0.25) is 0 Å². The van der Waals surface area contributed by atoms with Crippen molar-refractivity contribution in [2.24, 2.45) is 0 Å². The van der Waals surface area contributed by atoms with E-state index < -0.39 is 29.7 Å². The Morgan fingerprint density at radius 1 is 0.679 bits per heavy atom. The van der Waals surface area contributed by atoms with Crippen LogP contribution in [0, 0.1) is 0 Å². The topological polar surface area (TPSA) is 133 Å². The Bertz CT molecular complexity index is 1990. The van der Waals surface area contributed by atoms with Crippen molar-refractivity contribution in [1.29, 1.82) is 0 Å². The van der Waals surface area contributed by atoms with Gasteiger partial charge in [0.15, 0.2) is 23.0 Å². The van der Waals surface area contributed by atoms with E-state index in [9.17, 15) is 20.1 Å². The predicted molar refractivity (Wildman–Crippen MR) is 197 cm³/mol. The van der Waals surface area contributed by atoms with Crippen molar-refractivity contribution in [2.75, 3.05) is 27.4 Å². The normalized spacial score (nSPS) is 19.1. The van der Waals surface area contributed by atoms with Crippen LogP contribution in [0.3, 0.4) is 0 Å². The average Bonchev–Trinajstić information content (AvgIpc) is 3.19. The van der Waals surface area contributed by atoms with Crippen LogP contribution >= 0.6 is 0 Å². The Balaban J connectivity index is 1.54. The van der Waals surface area contributed by atoms with Gasteiger partial charge >= 0.3 is 5.97 Å². The summed E-state index contributed by atoms with van der Waals surface area (Å²) in [5, 5.41) is 35.5. The van der Waals surface area contributed by atoms with Gasteiger partial charge in [-0.05, 0) is 64.6 Å². The molecule has 0 radical (unpaired) electrons. The van der Waals surface area contributed by atoms with Gasteiger partial charge in [0, 0.05) is 6.42 Å². The molecule has 5 aromatic carbocycles. The van der Waals surface area contributed by atoms with Gasteiger partial charge in [0.25, 0.3) is 0 Å². The molecule has 0 unspecified atom stereocenters. The summed E-state index contributed by atoms with van der Waals surface area (Å²) in [6.45, 7) is 1.12. The first kappa shape index (κ1) is 37.2. The molecule has 1 aliphatic rings. The molecule has 1 aliphatic carbocycles. The standard InChI is InChI=1S/C43H44O10/c1-4-50-41(45)43(47)39(34-23-36(51-25-29-14-8-5-9-15-29)35(48-2)22-33(34)24-42(43,46)28-44)32-20-37(49-3)40(53-27-31-18-12-7-13-19-31)38(21-32)52-26-30-16-10-6-11-17-30/h5-23,39,44,46-47H,4,24-28H2,1-3H3/t39-,42+,43+/m0/s1. The van der Waals surface area contributed by atoms with Crippen molar-refractivity contribution in [3.63, 3.8) is 0 Å². The minimum Gasteiger partial charge on any atom is -0.493 e. The van der Waals surface area contributed by atoms with Gasteiger partial charge in [0.05, 0.1) is 33.4 Å². The van der Waals surface area contributed by atoms with Gasteiger partial charge in [0.2, 0.25) is 11.4 Å². The molecular formula is C43H44O10. The molecule has 0 bridgehead atoms. The van der Waals surface area contributed by atoms with Crippen LogP contribution in [0.5, 0.6) is 28.7 Å². The van der Waals surface area contributed by atoms with Crippen molar-refractivity contribution in [2.45, 2.75) is 50.3 Å².